The Morgan fingerprint density at radius 1 is 0.411 bits per heavy atom. The summed E-state index contributed by atoms with van der Waals surface area (Å²) < 4.78 is 92.5. The molecule has 107 heavy (non-hydrogen) atoms. The van der Waals surface area contributed by atoms with Gasteiger partial charge in [-0.3, -0.25) is 29.1 Å². The number of carbonyl (C=O) groups excluding carboxylic acids is 5. The lowest BCUT2D eigenvalue weighted by atomic mass is 9.91. The van der Waals surface area contributed by atoms with Crippen molar-refractivity contribution in [3.8, 4) is 0 Å². The highest BCUT2D eigenvalue weighted by Gasteiger charge is 2.65. The third kappa shape index (κ3) is 20.7. The smallest absolute Gasteiger partial charge is 0.374 e. The summed E-state index contributed by atoms with van der Waals surface area (Å²) in [4.78, 5) is 68.5. The molecule has 0 radical (unpaired) electrons. The van der Waals surface area contributed by atoms with Crippen molar-refractivity contribution in [2.45, 2.75) is 209 Å². The van der Waals surface area contributed by atoms with Crippen LogP contribution in [0.3, 0.4) is 0 Å². The van der Waals surface area contributed by atoms with Gasteiger partial charge in [0.2, 0.25) is 28.9 Å². The fourth-order valence-electron chi connectivity index (χ4n) is 15.6. The predicted octanol–water partition coefficient (Wildman–Crippen LogP) is 7.21. The summed E-state index contributed by atoms with van der Waals surface area (Å²) in [7, 11) is 0. The minimum atomic E-state index is -1.22. The molecule has 0 spiro atoms. The van der Waals surface area contributed by atoms with Crippen LogP contribution in [-0.2, 0) is 101 Å². The normalized spacial score (nSPS) is 30.7. The molecule has 9 fully saturated rings. The number of nitrogens with zero attached hydrogens (tertiary/aromatic N) is 3. The second-order valence-corrected chi connectivity index (χ2v) is 30.6. The van der Waals surface area contributed by atoms with Crippen LogP contribution < -0.4 is 0 Å². The highest BCUT2D eigenvalue weighted by atomic mass is 16.9. The second-order valence-electron chi connectivity index (χ2n) is 30.6. The summed E-state index contributed by atoms with van der Waals surface area (Å²) in [6.45, 7) is 17.1. The molecular formula is C79H103N3O25. The molecule has 28 heteroatoms. The molecule has 14 rings (SSSR count). The first-order chi connectivity index (χ1) is 51.2. The Bertz CT molecular complexity index is 3660. The van der Waals surface area contributed by atoms with Crippen LogP contribution in [-0.4, -0.2) is 233 Å². The maximum absolute atomic E-state index is 12.6. The Morgan fingerprint density at radius 2 is 0.748 bits per heavy atom. The molecule has 2 aromatic heterocycles. The number of fused-ring (bicyclic) bond motifs is 3. The number of aliphatic hydroxyl groups excluding tert-OH is 4. The summed E-state index contributed by atoms with van der Waals surface area (Å²) in [5.41, 5.74) is 2.93. The quantitative estimate of drug-likeness (QED) is 0.0393. The zero-order valence-corrected chi connectivity index (χ0v) is 61.7. The van der Waals surface area contributed by atoms with E-state index in [1.54, 1.807) is 53.7 Å². The molecule has 4 N–H and O–H groups in total. The van der Waals surface area contributed by atoms with Crippen LogP contribution >= 0.6 is 0 Å². The van der Waals surface area contributed by atoms with Crippen molar-refractivity contribution in [1.82, 2.24) is 14.7 Å². The first kappa shape index (κ1) is 79.5. The van der Waals surface area contributed by atoms with Gasteiger partial charge in [-0.2, -0.15) is 0 Å². The Hall–Kier alpha value is -7.07. The molecule has 11 heterocycles. The molecule has 0 unspecified atom stereocenters. The summed E-state index contributed by atoms with van der Waals surface area (Å²) >= 11 is 0. The van der Waals surface area contributed by atoms with E-state index in [4.69, 9.17) is 75.2 Å². The molecule has 12 atom stereocenters. The number of likely N-dealkylation sites (tertiary alicyclic amines) is 3. The molecule has 0 saturated carbocycles. The molecule has 5 aromatic rings. The average molecular weight is 1490 g/mol. The van der Waals surface area contributed by atoms with Crippen molar-refractivity contribution in [2.75, 3.05) is 78.7 Å². The number of hydrogen-bond donors (Lipinski definition) is 4. The average Bonchev–Trinajstić information content (AvgIpc) is 1.61. The minimum Gasteiger partial charge on any atom is -0.461 e. The van der Waals surface area contributed by atoms with E-state index in [1.807, 2.05) is 91.0 Å². The van der Waals surface area contributed by atoms with Crippen molar-refractivity contribution in [1.29, 1.82) is 0 Å². The van der Waals surface area contributed by atoms with Crippen molar-refractivity contribution in [2.24, 2.45) is 17.8 Å². The van der Waals surface area contributed by atoms with E-state index in [0.717, 1.165) is 94.5 Å². The highest BCUT2D eigenvalue weighted by molar-refractivity contribution is 5.87. The van der Waals surface area contributed by atoms with Gasteiger partial charge in [-0.25, -0.2) is 9.59 Å². The molecule has 9 aliphatic heterocycles. The first-order valence-corrected chi connectivity index (χ1v) is 37.2. The fraction of sp³-hybridized carbons (Fsp3) is 0.608. The number of ether oxygens (including phenoxy) is 14. The molecule has 3 aromatic carbocycles. The van der Waals surface area contributed by atoms with Gasteiger partial charge in [0.25, 0.3) is 0 Å². The van der Waals surface area contributed by atoms with Gasteiger partial charge < -0.3 is 95.6 Å². The minimum absolute atomic E-state index is 0.000820. The number of benzene rings is 3. The third-order valence-corrected chi connectivity index (χ3v) is 20.8. The number of aliphatic hydroxyl groups is 4. The van der Waals surface area contributed by atoms with Gasteiger partial charge in [-0.15, -0.1) is 0 Å². The van der Waals surface area contributed by atoms with Gasteiger partial charge in [0.1, 0.15) is 56.4 Å². The SMILES string of the molecule is CC1(C)O[C@H]2[C@H](O)[C@H](O)CO[C@@]2(CN2CCC(CC(=O)OCc3ccccc3)CC2)O1.CC1(C)O[C@H]2[C@H](O)[C@H](OC(=O)c3ccco3)CO[C@@]2(CN2CCC(CC(=O)OCc3ccccc3)CC2)O1.CC1(C)O[C@H]2[C@H](OC(=O)c3ccco3)[C@H](O)CO[C@@]2(CN2CCC(CC(=O)OCc3ccccc3)CC2)O1. The summed E-state index contributed by atoms with van der Waals surface area (Å²) in [5, 5.41) is 42.2. The monoisotopic (exact) mass is 1490 g/mol. The molecule has 28 nitrogen and oxygen atoms in total. The molecule has 9 aliphatic rings. The first-order valence-electron chi connectivity index (χ1n) is 37.2. The largest absolute Gasteiger partial charge is 0.461 e. The van der Waals surface area contributed by atoms with Crippen LogP contribution in [0.1, 0.15) is 137 Å². The van der Waals surface area contributed by atoms with Crippen molar-refractivity contribution in [3.05, 3.63) is 156 Å². The lowest BCUT2D eigenvalue weighted by Gasteiger charge is -2.45. The predicted molar refractivity (Wildman–Crippen MR) is 376 cm³/mol. The van der Waals surface area contributed by atoms with Crippen LogP contribution in [0.25, 0.3) is 0 Å². The summed E-state index contributed by atoms with van der Waals surface area (Å²) in [6, 6.07) is 35.1. The lowest BCUT2D eigenvalue weighted by molar-refractivity contribution is -0.298. The molecule has 0 aliphatic carbocycles. The number of furan rings is 2. The van der Waals surface area contributed by atoms with Crippen LogP contribution in [0, 0.1) is 17.8 Å². The van der Waals surface area contributed by atoms with E-state index in [0.29, 0.717) is 45.5 Å². The zero-order chi connectivity index (χ0) is 75.6. The Kier molecular flexibility index (Phi) is 25.9. The molecule has 0 bridgehead atoms. The van der Waals surface area contributed by atoms with Crippen molar-refractivity contribution < 1.29 is 120 Å². The standard InChI is InChI=1S/2C28H35NO9.C23H33NO7/c1-27(2)37-25-24(36-26(32)22-9-6-14-33-22)21(30)17-35-28(25,38-27)18-29-12-10-19(11-13-29)15-23(31)34-16-20-7-4-3-5-8-20;1-27(2)37-25-24(31)22(36-26(32)21-9-6-14-33-21)17-35-28(25,38-27)18-29-12-10-19(11-13-29)15-23(30)34-16-20-7-4-3-5-8-20;1-22(2)30-21-20(27)18(25)14-29-23(21,31-22)15-24-10-8-16(9-11-24)12-19(26)28-13-17-6-4-3-5-7-17/h3-9,14,19,21,24-25,30H,10-13,15-18H2,1-2H3;3-9,14,19,22,24-25,31H,10-13,15-18H2,1-2H3;3-7,16,18,20-21,25,27H,8-15H2,1-2H3/t21-,24-,25+,28+;22-,24-,25+,28+;18-,20-,21+,23+/m111/s1. The van der Waals surface area contributed by atoms with E-state index in [2.05, 4.69) is 14.7 Å². The number of esters is 5. The Labute approximate surface area is 622 Å². The maximum atomic E-state index is 12.6. The summed E-state index contributed by atoms with van der Waals surface area (Å²) in [6.07, 6.45) is 0.322. The molecule has 584 valence electrons. The zero-order valence-electron chi connectivity index (χ0n) is 61.7. The van der Waals surface area contributed by atoms with Crippen molar-refractivity contribution >= 4 is 29.8 Å². The van der Waals surface area contributed by atoms with Gasteiger partial charge in [0, 0.05) is 19.3 Å². The summed E-state index contributed by atoms with van der Waals surface area (Å²) in [5.74, 6) is -7.53. The Balaban J connectivity index is 0.000000151. The fourth-order valence-corrected chi connectivity index (χ4v) is 15.6. The number of piperidine rings is 3. The molecule has 9 saturated heterocycles. The van der Waals surface area contributed by atoms with Crippen LogP contribution in [0.15, 0.2) is 137 Å². The van der Waals surface area contributed by atoms with Gasteiger partial charge in [-0.05, 0) is 178 Å². The number of carbonyl (C=O) groups is 5. The number of hydrogen-bond acceptors (Lipinski definition) is 28. The van der Waals surface area contributed by atoms with Gasteiger partial charge in [-0.1, -0.05) is 91.0 Å². The molecule has 0 amide bonds. The second kappa shape index (κ2) is 34.9. The highest BCUT2D eigenvalue weighted by Crippen LogP contribution is 2.47. The van der Waals surface area contributed by atoms with E-state index in [9.17, 15) is 44.4 Å². The third-order valence-electron chi connectivity index (χ3n) is 20.8. The van der Waals surface area contributed by atoms with Crippen LogP contribution in [0.2, 0.25) is 0 Å². The van der Waals surface area contributed by atoms with Gasteiger partial charge >= 0.3 is 29.8 Å². The van der Waals surface area contributed by atoms with Crippen LogP contribution in [0.4, 0.5) is 0 Å². The molecular weight excluding hydrogens is 1390 g/mol. The van der Waals surface area contributed by atoms with E-state index in [-0.39, 0.29) is 80.2 Å². The van der Waals surface area contributed by atoms with Crippen molar-refractivity contribution in [3.63, 3.8) is 0 Å². The van der Waals surface area contributed by atoms with E-state index in [1.165, 1.54) is 24.7 Å². The van der Waals surface area contributed by atoms with Crippen LogP contribution in [0.5, 0.6) is 0 Å². The Morgan fingerprint density at radius 3 is 1.12 bits per heavy atom. The lowest BCUT2D eigenvalue weighted by Crippen LogP contribution is -2.64. The van der Waals surface area contributed by atoms with E-state index < -0.39 is 102 Å². The van der Waals surface area contributed by atoms with Gasteiger partial charge in [0.05, 0.1) is 52.0 Å². The number of rotatable bonds is 22. The maximum Gasteiger partial charge on any atom is 0.374 e. The van der Waals surface area contributed by atoms with Gasteiger partial charge in [0.15, 0.2) is 35.7 Å². The topological polar surface area (TPSA) is 331 Å². The van der Waals surface area contributed by atoms with E-state index >= 15 is 0 Å².